The van der Waals surface area contributed by atoms with Crippen molar-refractivity contribution in [3.63, 3.8) is 0 Å². The molecular formula is C13H10Br2ClFN2. The van der Waals surface area contributed by atoms with Crippen LogP contribution < -0.4 is 0 Å². The molecule has 0 atom stereocenters. The molecule has 0 aliphatic carbocycles. The molecule has 1 heterocycles. The van der Waals surface area contributed by atoms with E-state index in [0.29, 0.717) is 25.5 Å². The van der Waals surface area contributed by atoms with Crippen molar-refractivity contribution in [2.75, 3.05) is 0 Å². The Hall–Kier alpha value is -0.520. The Kier molecular flexibility index (Phi) is 4.58. The van der Waals surface area contributed by atoms with Crippen LogP contribution in [0.5, 0.6) is 0 Å². The van der Waals surface area contributed by atoms with Crippen LogP contribution in [0.4, 0.5) is 4.39 Å². The summed E-state index contributed by atoms with van der Waals surface area (Å²) in [6, 6.07) is 4.75. The van der Waals surface area contributed by atoms with E-state index in [-0.39, 0.29) is 11.7 Å². The Morgan fingerprint density at radius 3 is 2.47 bits per heavy atom. The first-order valence-electron chi connectivity index (χ1n) is 5.58. The predicted octanol–water partition coefficient (Wildman–Crippen LogP) is 5.58. The summed E-state index contributed by atoms with van der Waals surface area (Å²) in [6.07, 6.45) is 0. The third kappa shape index (κ3) is 3.15. The maximum absolute atomic E-state index is 13.6. The number of halogens is 4. The molecule has 0 bridgehead atoms. The Bertz CT molecular complexity index is 632. The molecule has 0 unspecified atom stereocenters. The Balaban J connectivity index is 2.59. The van der Waals surface area contributed by atoms with Crippen LogP contribution in [0, 0.1) is 5.82 Å². The highest BCUT2D eigenvalue weighted by Gasteiger charge is 2.15. The molecule has 0 aliphatic heterocycles. The molecule has 2 nitrogen and oxygen atoms in total. The van der Waals surface area contributed by atoms with Gasteiger partial charge in [0.25, 0.3) is 0 Å². The molecule has 19 heavy (non-hydrogen) atoms. The quantitative estimate of drug-likeness (QED) is 0.606. The van der Waals surface area contributed by atoms with Crippen LogP contribution in [0.3, 0.4) is 0 Å². The van der Waals surface area contributed by atoms with Gasteiger partial charge in [0.05, 0.1) is 14.6 Å². The molecule has 2 aromatic rings. The second-order valence-corrected chi connectivity index (χ2v) is 6.33. The normalized spacial score (nSPS) is 11.1. The lowest BCUT2D eigenvalue weighted by Crippen LogP contribution is -2.00. The summed E-state index contributed by atoms with van der Waals surface area (Å²) >= 11 is 12.6. The zero-order valence-electron chi connectivity index (χ0n) is 10.2. The van der Waals surface area contributed by atoms with Gasteiger partial charge in [-0.15, -0.1) is 0 Å². The molecule has 0 N–H and O–H groups in total. The van der Waals surface area contributed by atoms with E-state index >= 15 is 0 Å². The topological polar surface area (TPSA) is 25.8 Å². The van der Waals surface area contributed by atoms with E-state index in [9.17, 15) is 4.39 Å². The van der Waals surface area contributed by atoms with Gasteiger partial charge >= 0.3 is 0 Å². The molecule has 6 heteroatoms. The van der Waals surface area contributed by atoms with Gasteiger partial charge in [-0.25, -0.2) is 14.4 Å². The van der Waals surface area contributed by atoms with Gasteiger partial charge < -0.3 is 0 Å². The SMILES string of the molecule is CC(C)c1nc(-c2ccc(Br)c(F)c2)nc(Cl)c1Br. The summed E-state index contributed by atoms with van der Waals surface area (Å²) in [5, 5.41) is 0.331. The summed E-state index contributed by atoms with van der Waals surface area (Å²) in [6.45, 7) is 4.02. The monoisotopic (exact) mass is 406 g/mol. The zero-order chi connectivity index (χ0) is 14.2. The van der Waals surface area contributed by atoms with Crippen LogP contribution in [-0.4, -0.2) is 9.97 Å². The van der Waals surface area contributed by atoms with Gasteiger partial charge in [0, 0.05) is 5.56 Å². The van der Waals surface area contributed by atoms with E-state index in [1.54, 1.807) is 12.1 Å². The Morgan fingerprint density at radius 1 is 1.21 bits per heavy atom. The maximum atomic E-state index is 13.6. The Morgan fingerprint density at radius 2 is 1.89 bits per heavy atom. The molecule has 0 saturated carbocycles. The van der Waals surface area contributed by atoms with Crippen molar-refractivity contribution in [2.24, 2.45) is 0 Å². The van der Waals surface area contributed by atoms with Crippen LogP contribution in [-0.2, 0) is 0 Å². The highest BCUT2D eigenvalue weighted by Crippen LogP contribution is 2.31. The van der Waals surface area contributed by atoms with Crippen molar-refractivity contribution in [1.29, 1.82) is 0 Å². The molecule has 1 aromatic heterocycles. The van der Waals surface area contributed by atoms with Crippen molar-refractivity contribution >= 4 is 43.5 Å². The smallest absolute Gasteiger partial charge is 0.161 e. The second-order valence-electron chi connectivity index (χ2n) is 4.32. The summed E-state index contributed by atoms with van der Waals surface area (Å²) in [7, 11) is 0. The molecular weight excluding hydrogens is 398 g/mol. The van der Waals surface area contributed by atoms with Gasteiger partial charge in [0.1, 0.15) is 11.0 Å². The molecule has 0 radical (unpaired) electrons. The van der Waals surface area contributed by atoms with E-state index in [4.69, 9.17) is 11.6 Å². The highest BCUT2D eigenvalue weighted by atomic mass is 79.9. The van der Waals surface area contributed by atoms with Crippen LogP contribution in [0.15, 0.2) is 27.1 Å². The van der Waals surface area contributed by atoms with Gasteiger partial charge in [-0.2, -0.15) is 0 Å². The number of hydrogen-bond donors (Lipinski definition) is 0. The fraction of sp³-hybridized carbons (Fsp3) is 0.231. The summed E-state index contributed by atoms with van der Waals surface area (Å²) in [5.41, 5.74) is 1.40. The van der Waals surface area contributed by atoms with E-state index in [2.05, 4.69) is 41.8 Å². The molecule has 0 aliphatic rings. The van der Waals surface area contributed by atoms with E-state index < -0.39 is 0 Å². The van der Waals surface area contributed by atoms with Gasteiger partial charge in [0.15, 0.2) is 5.82 Å². The molecule has 1 aromatic carbocycles. The lowest BCUT2D eigenvalue weighted by atomic mass is 10.1. The second kappa shape index (κ2) is 5.85. The van der Waals surface area contributed by atoms with Crippen LogP contribution in [0.25, 0.3) is 11.4 Å². The number of nitrogens with zero attached hydrogens (tertiary/aromatic N) is 2. The van der Waals surface area contributed by atoms with Gasteiger partial charge in [-0.3, -0.25) is 0 Å². The molecule has 0 fully saturated rings. The van der Waals surface area contributed by atoms with Gasteiger partial charge in [0.2, 0.25) is 0 Å². The lowest BCUT2D eigenvalue weighted by Gasteiger charge is -2.11. The number of benzene rings is 1. The van der Waals surface area contributed by atoms with Crippen molar-refractivity contribution in [2.45, 2.75) is 19.8 Å². The lowest BCUT2D eigenvalue weighted by molar-refractivity contribution is 0.621. The molecule has 0 amide bonds. The van der Waals surface area contributed by atoms with Crippen molar-refractivity contribution in [3.05, 3.63) is 43.8 Å². The minimum Gasteiger partial charge on any atom is -0.232 e. The van der Waals surface area contributed by atoms with E-state index in [1.807, 2.05) is 13.8 Å². The highest BCUT2D eigenvalue weighted by molar-refractivity contribution is 9.10. The third-order valence-corrected chi connectivity index (χ3v) is 4.49. The first-order valence-corrected chi connectivity index (χ1v) is 7.55. The first-order chi connectivity index (χ1) is 8.90. The maximum Gasteiger partial charge on any atom is 0.161 e. The zero-order valence-corrected chi connectivity index (χ0v) is 14.1. The first kappa shape index (κ1) is 14.9. The average molecular weight is 408 g/mol. The van der Waals surface area contributed by atoms with Crippen molar-refractivity contribution < 1.29 is 4.39 Å². The van der Waals surface area contributed by atoms with Gasteiger partial charge in [-0.1, -0.05) is 25.4 Å². The van der Waals surface area contributed by atoms with Crippen molar-refractivity contribution in [1.82, 2.24) is 9.97 Å². The average Bonchev–Trinajstić information content (AvgIpc) is 2.35. The molecule has 0 saturated heterocycles. The number of aromatic nitrogens is 2. The largest absolute Gasteiger partial charge is 0.232 e. The van der Waals surface area contributed by atoms with E-state index in [0.717, 1.165) is 5.69 Å². The minimum absolute atomic E-state index is 0.189. The fourth-order valence-corrected chi connectivity index (χ4v) is 2.64. The van der Waals surface area contributed by atoms with E-state index in [1.165, 1.54) is 6.07 Å². The standard InChI is InChI=1S/C13H10Br2ClFN2/c1-6(2)11-10(15)12(16)19-13(18-11)7-3-4-8(14)9(17)5-7/h3-6H,1-2H3. The number of hydrogen-bond acceptors (Lipinski definition) is 2. The predicted molar refractivity (Wildman–Crippen MR) is 81.9 cm³/mol. The minimum atomic E-state index is -0.355. The van der Waals surface area contributed by atoms with Crippen molar-refractivity contribution in [3.8, 4) is 11.4 Å². The summed E-state index contributed by atoms with van der Waals surface area (Å²) < 4.78 is 14.7. The summed E-state index contributed by atoms with van der Waals surface area (Å²) in [4.78, 5) is 8.63. The van der Waals surface area contributed by atoms with Crippen LogP contribution in [0.1, 0.15) is 25.5 Å². The van der Waals surface area contributed by atoms with Gasteiger partial charge in [-0.05, 0) is 56.0 Å². The molecule has 2 rings (SSSR count). The molecule has 0 spiro atoms. The molecule has 100 valence electrons. The third-order valence-electron chi connectivity index (χ3n) is 2.56. The Labute approximate surface area is 132 Å². The number of rotatable bonds is 2. The van der Waals surface area contributed by atoms with Crippen LogP contribution >= 0.6 is 43.5 Å². The fourth-order valence-electron chi connectivity index (χ4n) is 1.58. The van der Waals surface area contributed by atoms with Crippen LogP contribution in [0.2, 0.25) is 5.15 Å². The summed E-state index contributed by atoms with van der Waals surface area (Å²) in [5.74, 6) is 0.253.